The quantitative estimate of drug-likeness (QED) is 0.242. The maximum absolute atomic E-state index is 11.6. The van der Waals surface area contributed by atoms with Crippen molar-refractivity contribution in [3.05, 3.63) is 63.6 Å². The molecule has 2 N–H and O–H groups in total. The van der Waals surface area contributed by atoms with Gasteiger partial charge in [0.05, 0.1) is 25.4 Å². The number of benzene rings is 3. The summed E-state index contributed by atoms with van der Waals surface area (Å²) in [6, 6.07) is 4.50. The molecule has 0 fully saturated rings. The average molecular weight is 663 g/mol. The first kappa shape index (κ1) is 32.8. The van der Waals surface area contributed by atoms with Crippen LogP contribution in [-0.4, -0.2) is 41.4 Å². The number of aromatic hydroxyl groups is 1. The first-order valence-electron chi connectivity index (χ1n) is 16.3. The van der Waals surface area contributed by atoms with Crippen LogP contribution in [-0.2, 0) is 4.74 Å². The Labute approximate surface area is 281 Å². The van der Waals surface area contributed by atoms with E-state index in [0.29, 0.717) is 17.4 Å². The van der Waals surface area contributed by atoms with Crippen LogP contribution in [0.4, 0.5) is 0 Å². The second kappa shape index (κ2) is 12.5. The topological polar surface area (TPSA) is 77.4 Å². The van der Waals surface area contributed by atoms with Crippen LogP contribution in [0, 0.1) is 19.8 Å². The van der Waals surface area contributed by atoms with Gasteiger partial charge in [0.2, 0.25) is 0 Å². The Bertz CT molecular complexity index is 1770. The third-order valence-electron chi connectivity index (χ3n) is 10.0. The summed E-state index contributed by atoms with van der Waals surface area (Å²) < 4.78 is 25.8. The van der Waals surface area contributed by atoms with Crippen molar-refractivity contribution in [2.24, 2.45) is 5.92 Å². The number of fused-ring (bicyclic) bond motifs is 4. The van der Waals surface area contributed by atoms with Gasteiger partial charge in [-0.15, -0.1) is 23.5 Å². The molecule has 0 aliphatic carbocycles. The van der Waals surface area contributed by atoms with Gasteiger partial charge >= 0.3 is 0 Å². The number of aliphatic hydroxyl groups excluding tert-OH is 1. The molecule has 4 atom stereocenters. The Balaban J connectivity index is 1.79. The Hall–Kier alpha value is -3.10. The van der Waals surface area contributed by atoms with E-state index < -0.39 is 0 Å². The van der Waals surface area contributed by atoms with Gasteiger partial charge in [-0.05, 0) is 71.6 Å². The summed E-state index contributed by atoms with van der Waals surface area (Å²) in [7, 11) is 3.22. The second-order valence-corrected chi connectivity index (χ2v) is 15.4. The molecule has 0 amide bonds. The molecule has 3 heterocycles. The molecule has 0 saturated heterocycles. The van der Waals surface area contributed by atoms with E-state index in [-0.39, 0.29) is 34.2 Å². The Kier molecular flexibility index (Phi) is 8.92. The highest BCUT2D eigenvalue weighted by molar-refractivity contribution is 8.00. The molecule has 0 radical (unpaired) electrons. The maximum Gasteiger partial charge on any atom is 0.174 e. The highest BCUT2D eigenvalue weighted by Crippen LogP contribution is 2.62. The van der Waals surface area contributed by atoms with Crippen molar-refractivity contribution in [3.63, 3.8) is 0 Å². The van der Waals surface area contributed by atoms with Gasteiger partial charge in [-0.2, -0.15) is 0 Å². The van der Waals surface area contributed by atoms with E-state index >= 15 is 0 Å². The SMILES string of the molecule is C=C(O)/C(OC)=C1\c2c(C(C)C(C)CC)cc(C)c3c2OC1SCCCSC1Oc2c-3c(C)cc3c(C(C)C)c(O)c(OC)c1c23. The number of hydrogen-bond donors (Lipinski definition) is 2. The molecule has 6 nitrogen and oxygen atoms in total. The molecule has 3 aliphatic heterocycles. The van der Waals surface area contributed by atoms with Crippen LogP contribution < -0.4 is 14.2 Å². The van der Waals surface area contributed by atoms with Gasteiger partial charge in [0, 0.05) is 27.6 Å². The van der Waals surface area contributed by atoms with E-state index in [1.165, 1.54) is 5.56 Å². The Morgan fingerprint density at radius 1 is 0.978 bits per heavy atom. The van der Waals surface area contributed by atoms with Crippen molar-refractivity contribution in [1.29, 1.82) is 0 Å². The molecule has 8 heteroatoms. The van der Waals surface area contributed by atoms with E-state index in [1.807, 2.05) is 0 Å². The van der Waals surface area contributed by atoms with Crippen molar-refractivity contribution < 1.29 is 29.2 Å². The molecule has 3 aliphatic rings. The fourth-order valence-corrected chi connectivity index (χ4v) is 9.81. The van der Waals surface area contributed by atoms with Crippen LogP contribution >= 0.6 is 23.5 Å². The number of ether oxygens (including phenoxy) is 4. The van der Waals surface area contributed by atoms with Gasteiger partial charge in [0.15, 0.2) is 33.9 Å². The number of methoxy groups -OCH3 is 2. The summed E-state index contributed by atoms with van der Waals surface area (Å²) in [4.78, 5) is 0. The van der Waals surface area contributed by atoms with E-state index in [1.54, 1.807) is 37.7 Å². The molecular formula is C38H46O6S2. The number of phenols is 1. The molecule has 3 aromatic rings. The van der Waals surface area contributed by atoms with Crippen LogP contribution in [0.15, 0.2) is 30.2 Å². The lowest BCUT2D eigenvalue weighted by Crippen LogP contribution is -2.13. The lowest BCUT2D eigenvalue weighted by atomic mass is 9.79. The van der Waals surface area contributed by atoms with Crippen molar-refractivity contribution in [3.8, 4) is 34.1 Å². The van der Waals surface area contributed by atoms with E-state index in [9.17, 15) is 10.2 Å². The molecule has 0 aromatic heterocycles. The minimum absolute atomic E-state index is 0.0681. The van der Waals surface area contributed by atoms with E-state index in [2.05, 4.69) is 67.2 Å². The fourth-order valence-electron chi connectivity index (χ4n) is 7.47. The lowest BCUT2D eigenvalue weighted by molar-refractivity contribution is 0.255. The summed E-state index contributed by atoms with van der Waals surface area (Å²) >= 11 is 3.46. The van der Waals surface area contributed by atoms with Crippen LogP contribution in [0.25, 0.3) is 27.5 Å². The first-order chi connectivity index (χ1) is 22.0. The summed E-state index contributed by atoms with van der Waals surface area (Å²) in [6.45, 7) is 19.2. The average Bonchev–Trinajstić information content (AvgIpc) is 3.56. The van der Waals surface area contributed by atoms with Crippen LogP contribution in [0.2, 0.25) is 0 Å². The standard InChI is InChI=1S/C38H46O6S2/c1-11-18(4)21(7)23-15-19(5)26-27-20(6)16-24-25(17(2)3)32(40)36(42-10)31-29(24)35(27)44-38(31)46-14-12-13-45-37-30(28(23)34(26)43-37)33(41-9)22(8)39/h15-18,21,37-40H,8,11-14H2,1-7,9-10H3/b33-30-. The molecule has 4 bridgehead atoms. The number of hydrogen-bond acceptors (Lipinski definition) is 8. The molecule has 0 saturated carbocycles. The monoisotopic (exact) mass is 662 g/mol. The van der Waals surface area contributed by atoms with Gasteiger partial charge in [-0.3, -0.25) is 0 Å². The molecule has 6 rings (SSSR count). The fraction of sp³-hybridized carbons (Fsp3) is 0.474. The first-order valence-corrected chi connectivity index (χ1v) is 18.4. The third-order valence-corrected chi connectivity index (χ3v) is 12.3. The Morgan fingerprint density at radius 3 is 2.22 bits per heavy atom. The number of rotatable bonds is 7. The van der Waals surface area contributed by atoms with E-state index in [0.717, 1.165) is 91.1 Å². The number of thioether (sulfide) groups is 2. The summed E-state index contributed by atoms with van der Waals surface area (Å²) in [6.07, 6.45) is 1.95. The van der Waals surface area contributed by atoms with Gasteiger partial charge < -0.3 is 29.2 Å². The molecule has 246 valence electrons. The predicted molar refractivity (Wildman–Crippen MR) is 192 cm³/mol. The Morgan fingerprint density at radius 2 is 1.61 bits per heavy atom. The predicted octanol–water partition coefficient (Wildman–Crippen LogP) is 10.5. The van der Waals surface area contributed by atoms with Crippen LogP contribution in [0.5, 0.6) is 23.0 Å². The maximum atomic E-state index is 11.6. The zero-order valence-electron chi connectivity index (χ0n) is 28.4. The van der Waals surface area contributed by atoms with Gasteiger partial charge in [-0.1, -0.05) is 59.8 Å². The zero-order valence-corrected chi connectivity index (χ0v) is 30.1. The zero-order chi connectivity index (χ0) is 33.2. The summed E-state index contributed by atoms with van der Waals surface area (Å²) in [5, 5.41) is 24.4. The number of aryl methyl sites for hydroxylation is 2. The summed E-state index contributed by atoms with van der Waals surface area (Å²) in [5.74, 6) is 4.96. The smallest absolute Gasteiger partial charge is 0.174 e. The largest absolute Gasteiger partial charge is 0.505 e. The highest BCUT2D eigenvalue weighted by Gasteiger charge is 2.43. The van der Waals surface area contributed by atoms with Crippen LogP contribution in [0.1, 0.15) is 98.1 Å². The van der Waals surface area contributed by atoms with Crippen molar-refractivity contribution in [2.75, 3.05) is 25.7 Å². The number of aliphatic hydroxyl groups is 1. The van der Waals surface area contributed by atoms with Crippen molar-refractivity contribution >= 4 is 39.9 Å². The molecule has 3 aromatic carbocycles. The number of phenolic OH excluding ortho intramolecular Hbond substituents is 1. The molecule has 4 unspecified atom stereocenters. The molecule has 0 spiro atoms. The summed E-state index contributed by atoms with van der Waals surface area (Å²) in [5.41, 5.74) is 8.21. The van der Waals surface area contributed by atoms with Gasteiger partial charge in [0.1, 0.15) is 11.5 Å². The third kappa shape index (κ3) is 4.93. The minimum atomic E-state index is -0.368. The van der Waals surface area contributed by atoms with Crippen LogP contribution in [0.3, 0.4) is 0 Å². The van der Waals surface area contributed by atoms with E-state index in [4.69, 9.17) is 18.9 Å². The molecular weight excluding hydrogens is 617 g/mol. The normalized spacial score (nSPS) is 20.8. The van der Waals surface area contributed by atoms with Gasteiger partial charge in [-0.25, -0.2) is 0 Å². The minimum Gasteiger partial charge on any atom is -0.505 e. The van der Waals surface area contributed by atoms with Crippen molar-refractivity contribution in [1.82, 2.24) is 0 Å². The van der Waals surface area contributed by atoms with Crippen molar-refractivity contribution in [2.45, 2.75) is 84.0 Å². The molecule has 46 heavy (non-hydrogen) atoms. The highest BCUT2D eigenvalue weighted by atomic mass is 32.2. The van der Waals surface area contributed by atoms with Gasteiger partial charge in [0.25, 0.3) is 0 Å². The second-order valence-electron chi connectivity index (χ2n) is 13.1. The lowest BCUT2D eigenvalue weighted by Gasteiger charge is -2.25.